The third-order valence-electron chi connectivity index (χ3n) is 4.75. The van der Waals surface area contributed by atoms with Gasteiger partial charge in [0.2, 0.25) is 15.9 Å². The molecule has 0 radical (unpaired) electrons. The van der Waals surface area contributed by atoms with Crippen LogP contribution in [0.3, 0.4) is 0 Å². The number of amides is 1. The van der Waals surface area contributed by atoms with Crippen LogP contribution < -0.4 is 5.32 Å². The second-order valence-electron chi connectivity index (χ2n) is 6.61. The van der Waals surface area contributed by atoms with Gasteiger partial charge in [0.15, 0.2) is 5.76 Å². The van der Waals surface area contributed by atoms with Crippen molar-refractivity contribution in [2.45, 2.75) is 31.6 Å². The van der Waals surface area contributed by atoms with E-state index in [0.29, 0.717) is 24.2 Å². The van der Waals surface area contributed by atoms with Crippen molar-refractivity contribution >= 4 is 27.6 Å². The number of aromatic amines is 1. The Kier molecular flexibility index (Phi) is 5.57. The van der Waals surface area contributed by atoms with E-state index in [1.165, 1.54) is 23.7 Å². The first-order valence-corrected chi connectivity index (χ1v) is 10.2. The van der Waals surface area contributed by atoms with Gasteiger partial charge in [-0.1, -0.05) is 5.16 Å². The van der Waals surface area contributed by atoms with Gasteiger partial charge in [0.05, 0.1) is 12.8 Å². The van der Waals surface area contributed by atoms with E-state index >= 15 is 0 Å². The van der Waals surface area contributed by atoms with Crippen LogP contribution in [0.5, 0.6) is 0 Å². The van der Waals surface area contributed by atoms with Crippen LogP contribution >= 0.6 is 0 Å². The molecule has 2 aromatic heterocycles. The Bertz CT molecular complexity index is 966. The van der Waals surface area contributed by atoms with Crippen LogP contribution in [0.15, 0.2) is 21.7 Å². The number of ether oxygens (including phenoxy) is 1. The number of nitrogens with zero attached hydrogens (tertiary/aromatic N) is 2. The molecule has 1 amide bonds. The summed E-state index contributed by atoms with van der Waals surface area (Å²) in [4.78, 5) is 26.7. The number of rotatable bonds is 5. The average molecular weight is 410 g/mol. The lowest BCUT2D eigenvalue weighted by Crippen LogP contribution is -2.41. The largest absolute Gasteiger partial charge is 0.464 e. The Morgan fingerprint density at radius 3 is 2.57 bits per heavy atom. The van der Waals surface area contributed by atoms with Crippen molar-refractivity contribution in [1.29, 1.82) is 0 Å². The molecule has 2 aromatic rings. The number of piperidine rings is 1. The molecule has 3 heterocycles. The number of sulfonamides is 1. The quantitative estimate of drug-likeness (QED) is 0.712. The highest BCUT2D eigenvalue weighted by molar-refractivity contribution is 7.89. The van der Waals surface area contributed by atoms with Crippen LogP contribution in [0.1, 0.15) is 34.8 Å². The minimum absolute atomic E-state index is 0.0954. The summed E-state index contributed by atoms with van der Waals surface area (Å²) in [5.74, 6) is -0.818. The van der Waals surface area contributed by atoms with E-state index in [1.807, 2.05) is 0 Å². The van der Waals surface area contributed by atoms with Gasteiger partial charge < -0.3 is 19.6 Å². The number of carbonyl (C=O) groups excluding carboxylic acids is 2. The summed E-state index contributed by atoms with van der Waals surface area (Å²) in [5.41, 5.74) is 1.01. The average Bonchev–Trinajstić information content (AvgIpc) is 3.27. The van der Waals surface area contributed by atoms with Crippen molar-refractivity contribution in [2.75, 3.05) is 25.5 Å². The lowest BCUT2D eigenvalue weighted by atomic mass is 9.97. The third-order valence-corrected chi connectivity index (χ3v) is 6.89. The number of methoxy groups -OCH3 is 1. The maximum Gasteiger partial charge on any atom is 0.354 e. The van der Waals surface area contributed by atoms with Crippen LogP contribution in [0.2, 0.25) is 0 Å². The molecule has 0 saturated carbocycles. The van der Waals surface area contributed by atoms with Gasteiger partial charge in [0, 0.05) is 25.2 Å². The van der Waals surface area contributed by atoms with E-state index in [1.54, 1.807) is 13.8 Å². The maximum atomic E-state index is 12.8. The summed E-state index contributed by atoms with van der Waals surface area (Å²) in [5, 5.41) is 6.45. The highest BCUT2D eigenvalue weighted by Crippen LogP contribution is 2.28. The number of anilines is 1. The molecule has 1 aliphatic rings. The molecule has 1 saturated heterocycles. The maximum absolute atomic E-state index is 12.8. The molecule has 0 spiro atoms. The summed E-state index contributed by atoms with van der Waals surface area (Å²) in [7, 11) is -2.44. The van der Waals surface area contributed by atoms with Crippen molar-refractivity contribution in [3.05, 3.63) is 29.4 Å². The molecule has 152 valence electrons. The minimum Gasteiger partial charge on any atom is -0.464 e. The molecule has 0 atom stereocenters. The number of H-pyrrole nitrogens is 1. The minimum atomic E-state index is -3.71. The number of aromatic nitrogens is 2. The molecule has 0 aromatic carbocycles. The smallest absolute Gasteiger partial charge is 0.354 e. The summed E-state index contributed by atoms with van der Waals surface area (Å²) in [6.45, 7) is 3.60. The summed E-state index contributed by atoms with van der Waals surface area (Å²) >= 11 is 0. The van der Waals surface area contributed by atoms with Gasteiger partial charge in [-0.25, -0.2) is 13.2 Å². The summed E-state index contributed by atoms with van der Waals surface area (Å²) in [6, 6.07) is 1.49. The number of nitrogens with one attached hydrogen (secondary N) is 2. The lowest BCUT2D eigenvalue weighted by Gasteiger charge is -2.30. The van der Waals surface area contributed by atoms with Crippen LogP contribution in [-0.4, -0.2) is 54.9 Å². The highest BCUT2D eigenvalue weighted by atomic mass is 32.2. The van der Waals surface area contributed by atoms with E-state index in [4.69, 9.17) is 4.52 Å². The third kappa shape index (κ3) is 3.80. The zero-order chi connectivity index (χ0) is 20.5. The van der Waals surface area contributed by atoms with E-state index in [-0.39, 0.29) is 41.3 Å². The molecular formula is C17H22N4O6S. The predicted octanol–water partition coefficient (Wildman–Crippen LogP) is 1.45. The molecule has 1 fully saturated rings. The Morgan fingerprint density at radius 2 is 2.00 bits per heavy atom. The fourth-order valence-corrected chi connectivity index (χ4v) is 5.03. The van der Waals surface area contributed by atoms with Gasteiger partial charge in [-0.05, 0) is 32.8 Å². The summed E-state index contributed by atoms with van der Waals surface area (Å²) in [6.07, 6.45) is 2.28. The topological polar surface area (TPSA) is 135 Å². The summed E-state index contributed by atoms with van der Waals surface area (Å²) < 4.78 is 36.6. The molecule has 3 rings (SSSR count). The van der Waals surface area contributed by atoms with Crippen molar-refractivity contribution in [3.8, 4) is 0 Å². The molecule has 0 aliphatic carbocycles. The van der Waals surface area contributed by atoms with E-state index < -0.39 is 16.0 Å². The SMILES string of the molecule is COC(=O)c1cc(NC(=O)C2CCN(S(=O)(=O)c3c(C)noc3C)CC2)c[nH]1. The number of carbonyl (C=O) groups is 2. The van der Waals surface area contributed by atoms with Crippen molar-refractivity contribution in [2.24, 2.45) is 5.92 Å². The van der Waals surface area contributed by atoms with E-state index in [2.05, 4.69) is 20.2 Å². The second-order valence-corrected chi connectivity index (χ2v) is 8.49. The van der Waals surface area contributed by atoms with Crippen LogP contribution in [0, 0.1) is 19.8 Å². The number of esters is 1. The van der Waals surface area contributed by atoms with Gasteiger partial charge in [-0.2, -0.15) is 4.31 Å². The monoisotopic (exact) mass is 410 g/mol. The first kappa shape index (κ1) is 20.1. The van der Waals surface area contributed by atoms with Gasteiger partial charge in [0.1, 0.15) is 16.3 Å². The molecule has 2 N–H and O–H groups in total. The highest BCUT2D eigenvalue weighted by Gasteiger charge is 2.35. The second kappa shape index (κ2) is 7.76. The first-order valence-electron chi connectivity index (χ1n) is 8.74. The number of hydrogen-bond donors (Lipinski definition) is 2. The number of hydrogen-bond acceptors (Lipinski definition) is 7. The molecule has 28 heavy (non-hydrogen) atoms. The van der Waals surface area contributed by atoms with Crippen LogP contribution in [0.25, 0.3) is 0 Å². The Morgan fingerprint density at radius 1 is 1.32 bits per heavy atom. The first-order chi connectivity index (χ1) is 13.2. The normalized spacial score (nSPS) is 16.1. The van der Waals surface area contributed by atoms with Gasteiger partial charge >= 0.3 is 5.97 Å². The Hall–Kier alpha value is -2.66. The van der Waals surface area contributed by atoms with E-state index in [9.17, 15) is 18.0 Å². The zero-order valence-corrected chi connectivity index (χ0v) is 16.6. The lowest BCUT2D eigenvalue weighted by molar-refractivity contribution is -0.120. The van der Waals surface area contributed by atoms with Gasteiger partial charge in [-0.3, -0.25) is 4.79 Å². The van der Waals surface area contributed by atoms with Crippen molar-refractivity contribution < 1.29 is 27.3 Å². The Labute approximate surface area is 162 Å². The zero-order valence-electron chi connectivity index (χ0n) is 15.8. The fourth-order valence-electron chi connectivity index (χ4n) is 3.27. The van der Waals surface area contributed by atoms with Crippen LogP contribution in [-0.2, 0) is 19.6 Å². The Balaban J connectivity index is 1.61. The number of aryl methyl sites for hydroxylation is 2. The molecule has 0 bridgehead atoms. The van der Waals surface area contributed by atoms with E-state index in [0.717, 1.165) is 0 Å². The molecule has 11 heteroatoms. The predicted molar refractivity (Wildman–Crippen MR) is 98.2 cm³/mol. The van der Waals surface area contributed by atoms with Crippen molar-refractivity contribution in [1.82, 2.24) is 14.4 Å². The van der Waals surface area contributed by atoms with Crippen molar-refractivity contribution in [3.63, 3.8) is 0 Å². The van der Waals surface area contributed by atoms with Crippen LogP contribution in [0.4, 0.5) is 5.69 Å². The van der Waals surface area contributed by atoms with Gasteiger partial charge in [-0.15, -0.1) is 0 Å². The van der Waals surface area contributed by atoms with Gasteiger partial charge in [0.25, 0.3) is 0 Å². The molecular weight excluding hydrogens is 388 g/mol. The fraction of sp³-hybridized carbons (Fsp3) is 0.471. The molecule has 1 aliphatic heterocycles. The standard InChI is InChI=1S/C17H22N4O6S/c1-10-15(11(2)27-20-10)28(24,25)21-6-4-12(5-7-21)16(22)19-13-8-14(18-9-13)17(23)26-3/h8-9,12,18H,4-7H2,1-3H3,(H,19,22). The molecule has 10 nitrogen and oxygen atoms in total. The molecule has 0 unspecified atom stereocenters.